The van der Waals surface area contributed by atoms with Crippen molar-refractivity contribution in [2.75, 3.05) is 11.9 Å². The van der Waals surface area contributed by atoms with Gasteiger partial charge in [-0.1, -0.05) is 18.2 Å². The van der Waals surface area contributed by atoms with Crippen LogP contribution in [0.3, 0.4) is 0 Å². The van der Waals surface area contributed by atoms with Gasteiger partial charge in [0.05, 0.1) is 5.52 Å². The Morgan fingerprint density at radius 1 is 1.10 bits per heavy atom. The summed E-state index contributed by atoms with van der Waals surface area (Å²) >= 11 is 1.72. The first-order valence-electron chi connectivity index (χ1n) is 6.88. The minimum atomic E-state index is 0.863. The summed E-state index contributed by atoms with van der Waals surface area (Å²) in [7, 11) is 0. The van der Waals surface area contributed by atoms with Crippen molar-refractivity contribution in [2.24, 2.45) is 0 Å². The van der Waals surface area contributed by atoms with Crippen molar-refractivity contribution >= 4 is 28.5 Å². The fourth-order valence-electron chi connectivity index (χ4n) is 2.09. The van der Waals surface area contributed by atoms with Gasteiger partial charge >= 0.3 is 0 Å². The highest BCUT2D eigenvalue weighted by molar-refractivity contribution is 7.98. The Kier molecular flexibility index (Phi) is 4.31. The average molecular weight is 296 g/mol. The van der Waals surface area contributed by atoms with Crippen molar-refractivity contribution in [1.82, 2.24) is 15.0 Å². The first-order chi connectivity index (χ1) is 10.4. The predicted octanol–water partition coefficient (Wildman–Crippen LogP) is 3.75. The first-order valence-corrected chi connectivity index (χ1v) is 7.86. The zero-order valence-electron chi connectivity index (χ0n) is 11.8. The van der Waals surface area contributed by atoms with Gasteiger partial charge in [0.1, 0.15) is 17.2 Å². The third-order valence-electron chi connectivity index (χ3n) is 3.06. The molecular weight excluding hydrogens is 280 g/mol. The van der Waals surface area contributed by atoms with Crippen LogP contribution in [0.4, 0.5) is 5.82 Å². The summed E-state index contributed by atoms with van der Waals surface area (Å²) in [6.07, 6.45) is 3.47. The number of hydrogen-bond donors (Lipinski definition) is 1. The van der Waals surface area contributed by atoms with Gasteiger partial charge in [0.15, 0.2) is 0 Å². The summed E-state index contributed by atoms with van der Waals surface area (Å²) in [6.45, 7) is 2.94. The van der Waals surface area contributed by atoms with E-state index < -0.39 is 0 Å². The van der Waals surface area contributed by atoms with Crippen LogP contribution in [-0.4, -0.2) is 21.5 Å². The average Bonchev–Trinajstić information content (AvgIpc) is 2.53. The van der Waals surface area contributed by atoms with Crippen molar-refractivity contribution in [3.63, 3.8) is 0 Å². The lowest BCUT2D eigenvalue weighted by atomic mass is 10.2. The van der Waals surface area contributed by atoms with E-state index in [0.717, 1.165) is 34.0 Å². The number of benzene rings is 1. The van der Waals surface area contributed by atoms with Crippen LogP contribution in [0.15, 0.2) is 53.9 Å². The van der Waals surface area contributed by atoms with Crippen LogP contribution in [0.25, 0.3) is 10.9 Å². The molecule has 3 aromatic rings. The Hall–Kier alpha value is -2.14. The van der Waals surface area contributed by atoms with Crippen LogP contribution in [0, 0.1) is 0 Å². The van der Waals surface area contributed by atoms with E-state index in [4.69, 9.17) is 0 Å². The predicted molar refractivity (Wildman–Crippen MR) is 87.5 cm³/mol. The molecule has 0 saturated carbocycles. The molecule has 0 fully saturated rings. The molecule has 0 radical (unpaired) electrons. The van der Waals surface area contributed by atoms with Crippen molar-refractivity contribution in [3.8, 4) is 0 Å². The summed E-state index contributed by atoms with van der Waals surface area (Å²) in [4.78, 5) is 13.0. The summed E-state index contributed by atoms with van der Waals surface area (Å²) in [5, 5.41) is 5.35. The number of anilines is 1. The lowest BCUT2D eigenvalue weighted by Gasteiger charge is -2.06. The number of nitrogens with zero attached hydrogens (tertiary/aromatic N) is 3. The number of pyridine rings is 1. The largest absolute Gasteiger partial charge is 0.370 e. The number of para-hydroxylation sites is 1. The number of hydrogen-bond acceptors (Lipinski definition) is 5. The van der Waals surface area contributed by atoms with Gasteiger partial charge in [0.25, 0.3) is 0 Å². The first kappa shape index (κ1) is 13.8. The van der Waals surface area contributed by atoms with Gasteiger partial charge in [0.2, 0.25) is 0 Å². The van der Waals surface area contributed by atoms with Crippen molar-refractivity contribution in [1.29, 1.82) is 0 Å². The molecule has 1 aromatic carbocycles. The molecule has 0 aliphatic rings. The minimum Gasteiger partial charge on any atom is -0.370 e. The van der Waals surface area contributed by atoms with Gasteiger partial charge < -0.3 is 5.32 Å². The third-order valence-corrected chi connectivity index (χ3v) is 4.14. The molecule has 0 spiro atoms. The molecule has 0 unspecified atom stereocenters. The molecule has 5 heteroatoms. The highest BCUT2D eigenvalue weighted by Crippen LogP contribution is 2.27. The van der Waals surface area contributed by atoms with E-state index in [9.17, 15) is 0 Å². The molecule has 2 heterocycles. The molecule has 0 bridgehead atoms. The Morgan fingerprint density at radius 3 is 2.90 bits per heavy atom. The number of thioether (sulfide) groups is 1. The van der Waals surface area contributed by atoms with E-state index in [1.165, 1.54) is 5.56 Å². The van der Waals surface area contributed by atoms with Crippen LogP contribution >= 0.6 is 11.8 Å². The maximum Gasteiger partial charge on any atom is 0.126 e. The van der Waals surface area contributed by atoms with Gasteiger partial charge in [0, 0.05) is 23.9 Å². The van der Waals surface area contributed by atoms with Crippen LogP contribution in [0.5, 0.6) is 0 Å². The maximum absolute atomic E-state index is 4.40. The maximum atomic E-state index is 4.40. The van der Waals surface area contributed by atoms with Crippen LogP contribution < -0.4 is 5.32 Å². The zero-order valence-corrected chi connectivity index (χ0v) is 12.6. The van der Waals surface area contributed by atoms with Gasteiger partial charge in [-0.3, -0.25) is 0 Å². The lowest BCUT2D eigenvalue weighted by molar-refractivity contribution is 1.10. The molecular formula is C16H16N4S. The van der Waals surface area contributed by atoms with Crippen molar-refractivity contribution in [3.05, 3.63) is 54.5 Å². The monoisotopic (exact) mass is 296 g/mol. The summed E-state index contributed by atoms with van der Waals surface area (Å²) in [6, 6.07) is 12.2. The molecule has 0 aliphatic carbocycles. The van der Waals surface area contributed by atoms with E-state index in [-0.39, 0.29) is 0 Å². The number of nitrogens with one attached hydrogen (secondary N) is 1. The molecule has 1 N–H and O–H groups in total. The topological polar surface area (TPSA) is 50.7 Å². The molecule has 4 nitrogen and oxygen atoms in total. The van der Waals surface area contributed by atoms with Gasteiger partial charge in [-0.25, -0.2) is 15.0 Å². The number of fused-ring (bicyclic) bond motifs is 1. The van der Waals surface area contributed by atoms with Crippen molar-refractivity contribution in [2.45, 2.75) is 17.7 Å². The van der Waals surface area contributed by atoms with Gasteiger partial charge in [-0.2, -0.15) is 0 Å². The van der Waals surface area contributed by atoms with Crippen LogP contribution in [0.1, 0.15) is 12.5 Å². The second-order valence-corrected chi connectivity index (χ2v) is 5.53. The normalized spacial score (nSPS) is 10.7. The second-order valence-electron chi connectivity index (χ2n) is 4.56. The van der Waals surface area contributed by atoms with Crippen LogP contribution in [0.2, 0.25) is 0 Å². The van der Waals surface area contributed by atoms with E-state index in [0.29, 0.717) is 0 Å². The standard InChI is InChI=1S/C16H16N4S/c1-2-17-15-9-12(7-8-18-15)10-21-16-13-5-3-4-6-14(13)19-11-20-16/h3-9,11H,2,10H2,1H3,(H,17,18). The van der Waals surface area contributed by atoms with E-state index in [1.807, 2.05) is 30.5 Å². The highest BCUT2D eigenvalue weighted by Gasteiger charge is 2.04. The second kappa shape index (κ2) is 6.54. The van der Waals surface area contributed by atoms with E-state index >= 15 is 0 Å². The Morgan fingerprint density at radius 2 is 2.00 bits per heavy atom. The minimum absolute atomic E-state index is 0.863. The molecule has 0 aliphatic heterocycles. The van der Waals surface area contributed by atoms with Gasteiger partial charge in [-0.15, -0.1) is 11.8 Å². The fourth-order valence-corrected chi connectivity index (χ4v) is 3.02. The summed E-state index contributed by atoms with van der Waals surface area (Å²) in [5.74, 6) is 1.78. The lowest BCUT2D eigenvalue weighted by Crippen LogP contribution is -1.99. The Bertz CT molecular complexity index is 740. The SMILES string of the molecule is CCNc1cc(CSc2ncnc3ccccc23)ccn1. The number of aromatic nitrogens is 3. The van der Waals surface area contributed by atoms with Crippen molar-refractivity contribution < 1.29 is 0 Å². The van der Waals surface area contributed by atoms with Gasteiger partial charge in [-0.05, 0) is 30.7 Å². The fraction of sp³-hybridized carbons (Fsp3) is 0.188. The number of rotatable bonds is 5. The highest BCUT2D eigenvalue weighted by atomic mass is 32.2. The summed E-state index contributed by atoms with van der Waals surface area (Å²) < 4.78 is 0. The zero-order chi connectivity index (χ0) is 14.5. The molecule has 21 heavy (non-hydrogen) atoms. The third kappa shape index (κ3) is 3.31. The molecule has 0 amide bonds. The summed E-state index contributed by atoms with van der Waals surface area (Å²) in [5.41, 5.74) is 2.21. The Balaban J connectivity index is 1.79. The smallest absolute Gasteiger partial charge is 0.126 e. The molecule has 2 aromatic heterocycles. The van der Waals surface area contributed by atoms with E-state index in [2.05, 4.69) is 39.3 Å². The van der Waals surface area contributed by atoms with Crippen LogP contribution in [-0.2, 0) is 5.75 Å². The molecule has 3 rings (SSSR count). The molecule has 0 atom stereocenters. The molecule has 0 saturated heterocycles. The quantitative estimate of drug-likeness (QED) is 0.574. The molecule has 106 valence electrons. The van der Waals surface area contributed by atoms with E-state index in [1.54, 1.807) is 18.1 Å². The Labute approximate surface area is 128 Å².